The first-order valence-electron chi connectivity index (χ1n) is 10.4. The van der Waals surface area contributed by atoms with Gasteiger partial charge in [-0.15, -0.1) is 0 Å². The van der Waals surface area contributed by atoms with Crippen LogP contribution in [-0.4, -0.2) is 41.6 Å². The van der Waals surface area contributed by atoms with Crippen molar-refractivity contribution in [3.63, 3.8) is 0 Å². The van der Waals surface area contributed by atoms with Crippen LogP contribution in [0.3, 0.4) is 0 Å². The number of rotatable bonds is 6. The monoisotopic (exact) mass is 494 g/mol. The zero-order valence-corrected chi connectivity index (χ0v) is 19.5. The van der Waals surface area contributed by atoms with E-state index in [-0.39, 0.29) is 10.6 Å². The number of hydrogen-bond acceptors (Lipinski definition) is 7. The summed E-state index contributed by atoms with van der Waals surface area (Å²) in [5.74, 6) is -1.49. The Kier molecular flexibility index (Phi) is 6.83. The average molecular weight is 495 g/mol. The van der Waals surface area contributed by atoms with E-state index in [1.165, 1.54) is 31.4 Å². The van der Waals surface area contributed by atoms with Crippen molar-refractivity contribution in [2.75, 3.05) is 19.0 Å². The van der Waals surface area contributed by atoms with E-state index in [1.807, 2.05) is 0 Å². The van der Waals surface area contributed by atoms with E-state index in [4.69, 9.17) is 9.15 Å². The van der Waals surface area contributed by atoms with Crippen LogP contribution in [0.1, 0.15) is 21.7 Å². The summed E-state index contributed by atoms with van der Waals surface area (Å²) >= 11 is 0.682. The zero-order chi connectivity index (χ0) is 25.1. The van der Waals surface area contributed by atoms with Crippen molar-refractivity contribution in [3.05, 3.63) is 82.2 Å². The van der Waals surface area contributed by atoms with Gasteiger partial charge in [-0.1, -0.05) is 18.2 Å². The van der Waals surface area contributed by atoms with Gasteiger partial charge in [0.15, 0.2) is 0 Å². The van der Waals surface area contributed by atoms with Crippen molar-refractivity contribution in [2.45, 2.75) is 6.92 Å². The number of carbonyl (C=O) groups excluding carboxylic acids is 4. The van der Waals surface area contributed by atoms with Crippen LogP contribution in [0.5, 0.6) is 0 Å². The number of imide groups is 1. The molecule has 0 spiro atoms. The molecule has 3 aromatic rings. The van der Waals surface area contributed by atoms with Crippen LogP contribution in [0.25, 0.3) is 17.4 Å². The Balaban J connectivity index is 1.49. The summed E-state index contributed by atoms with van der Waals surface area (Å²) in [4.78, 5) is 50.2. The van der Waals surface area contributed by atoms with Gasteiger partial charge in [0.1, 0.15) is 23.9 Å². The first-order valence-corrected chi connectivity index (χ1v) is 11.2. The number of benzene rings is 2. The quantitative estimate of drug-likeness (QED) is 0.385. The summed E-state index contributed by atoms with van der Waals surface area (Å²) in [6.45, 7) is 1.26. The van der Waals surface area contributed by atoms with Gasteiger partial charge in [0, 0.05) is 17.3 Å². The van der Waals surface area contributed by atoms with Crippen LogP contribution in [0.2, 0.25) is 0 Å². The number of thioether (sulfide) groups is 1. The predicted molar refractivity (Wildman–Crippen MR) is 128 cm³/mol. The summed E-state index contributed by atoms with van der Waals surface area (Å²) in [7, 11) is 1.30. The third kappa shape index (κ3) is 5.17. The molecule has 3 amide bonds. The molecular formula is C25H19FN2O6S. The molecule has 1 aliphatic rings. The lowest BCUT2D eigenvalue weighted by Gasteiger charge is -2.12. The fraction of sp³-hybridized carbons (Fsp3) is 0.120. The molecule has 0 atom stereocenters. The van der Waals surface area contributed by atoms with Gasteiger partial charge in [-0.05, 0) is 60.6 Å². The van der Waals surface area contributed by atoms with Crippen molar-refractivity contribution in [1.82, 2.24) is 4.90 Å². The lowest BCUT2D eigenvalue weighted by molar-refractivity contribution is -0.127. The van der Waals surface area contributed by atoms with Crippen LogP contribution in [-0.2, 0) is 14.3 Å². The molecule has 4 rings (SSSR count). The Labute approximate surface area is 203 Å². The molecule has 35 heavy (non-hydrogen) atoms. The number of anilines is 1. The highest BCUT2D eigenvalue weighted by molar-refractivity contribution is 8.18. The highest BCUT2D eigenvalue weighted by atomic mass is 32.2. The number of ether oxygens (including phenoxy) is 1. The van der Waals surface area contributed by atoms with E-state index >= 15 is 0 Å². The summed E-state index contributed by atoms with van der Waals surface area (Å²) in [5.41, 5.74) is 1.97. The molecule has 0 saturated carbocycles. The van der Waals surface area contributed by atoms with Crippen LogP contribution >= 0.6 is 11.8 Å². The van der Waals surface area contributed by atoms with Gasteiger partial charge < -0.3 is 14.5 Å². The minimum absolute atomic E-state index is 0.0921. The van der Waals surface area contributed by atoms with Gasteiger partial charge in [-0.2, -0.15) is 0 Å². The van der Waals surface area contributed by atoms with Gasteiger partial charge in [-0.3, -0.25) is 19.3 Å². The van der Waals surface area contributed by atoms with Crippen LogP contribution < -0.4 is 5.32 Å². The molecule has 1 fully saturated rings. The van der Waals surface area contributed by atoms with E-state index in [1.54, 1.807) is 37.3 Å². The number of nitrogens with one attached hydrogen (secondary N) is 1. The molecule has 1 N–H and O–H groups in total. The molecule has 0 bridgehead atoms. The third-order valence-electron chi connectivity index (χ3n) is 5.19. The lowest BCUT2D eigenvalue weighted by atomic mass is 10.0. The van der Waals surface area contributed by atoms with Crippen LogP contribution in [0, 0.1) is 12.7 Å². The average Bonchev–Trinajstić information content (AvgIpc) is 3.39. The Morgan fingerprint density at radius 1 is 1.14 bits per heavy atom. The fourth-order valence-electron chi connectivity index (χ4n) is 3.48. The number of carbonyl (C=O) groups is 4. The summed E-state index contributed by atoms with van der Waals surface area (Å²) < 4.78 is 23.9. The molecule has 2 aromatic carbocycles. The van der Waals surface area contributed by atoms with Gasteiger partial charge in [0.2, 0.25) is 5.91 Å². The van der Waals surface area contributed by atoms with Gasteiger partial charge >= 0.3 is 5.97 Å². The molecule has 178 valence electrons. The second-order valence-electron chi connectivity index (χ2n) is 7.50. The molecule has 2 heterocycles. The number of methoxy groups -OCH3 is 1. The fourth-order valence-corrected chi connectivity index (χ4v) is 4.30. The molecule has 10 heteroatoms. The maximum atomic E-state index is 13.3. The Morgan fingerprint density at radius 2 is 1.91 bits per heavy atom. The number of esters is 1. The number of nitrogens with zero attached hydrogens (tertiary/aromatic N) is 1. The highest BCUT2D eigenvalue weighted by Crippen LogP contribution is 2.34. The molecule has 0 unspecified atom stereocenters. The van der Waals surface area contributed by atoms with Crippen molar-refractivity contribution in [3.8, 4) is 11.3 Å². The first kappa shape index (κ1) is 24.0. The molecular weight excluding hydrogens is 475 g/mol. The minimum atomic E-state index is -0.642. The van der Waals surface area contributed by atoms with Crippen LogP contribution in [0.15, 0.2) is 63.9 Å². The second kappa shape index (κ2) is 9.98. The van der Waals surface area contributed by atoms with E-state index < -0.39 is 35.4 Å². The standard InChI is InChI=1S/C25H19FN2O6S/c1-14-18(7-4-8-19(14)24(31)33-2)20-10-9-17(34-20)12-21-23(30)28(25(32)35-21)13-22(29)27-16-6-3-5-15(26)11-16/h3-12H,13H2,1-2H3,(H,27,29)/b21-12+. The smallest absolute Gasteiger partial charge is 0.338 e. The Hall–Kier alpha value is -4.18. The SMILES string of the molecule is COC(=O)c1cccc(-c2ccc(/C=C3/SC(=O)N(CC(=O)Nc4cccc(F)c4)C3=O)o2)c1C. The molecule has 1 aliphatic heterocycles. The van der Waals surface area contributed by atoms with Crippen molar-refractivity contribution < 1.29 is 32.7 Å². The first-order chi connectivity index (χ1) is 16.8. The van der Waals surface area contributed by atoms with Crippen molar-refractivity contribution in [2.24, 2.45) is 0 Å². The lowest BCUT2D eigenvalue weighted by Crippen LogP contribution is -2.36. The zero-order valence-electron chi connectivity index (χ0n) is 18.7. The van der Waals surface area contributed by atoms with E-state index in [9.17, 15) is 23.6 Å². The third-order valence-corrected chi connectivity index (χ3v) is 6.10. The molecule has 8 nitrogen and oxygen atoms in total. The second-order valence-corrected chi connectivity index (χ2v) is 8.49. The largest absolute Gasteiger partial charge is 0.465 e. The molecule has 1 aromatic heterocycles. The summed E-state index contributed by atoms with van der Waals surface area (Å²) in [6, 6.07) is 13.7. The normalized spacial score (nSPS) is 14.5. The number of hydrogen-bond donors (Lipinski definition) is 1. The van der Waals surface area contributed by atoms with E-state index in [0.29, 0.717) is 40.0 Å². The molecule has 0 aliphatic carbocycles. The topological polar surface area (TPSA) is 106 Å². The predicted octanol–water partition coefficient (Wildman–Crippen LogP) is 4.86. The summed E-state index contributed by atoms with van der Waals surface area (Å²) in [5, 5.41) is 1.85. The van der Waals surface area contributed by atoms with E-state index in [2.05, 4.69) is 5.32 Å². The van der Waals surface area contributed by atoms with Crippen LogP contribution in [0.4, 0.5) is 14.9 Å². The van der Waals surface area contributed by atoms with Crippen molar-refractivity contribution >= 4 is 46.5 Å². The van der Waals surface area contributed by atoms with Gasteiger partial charge in [0.05, 0.1) is 17.6 Å². The van der Waals surface area contributed by atoms with Crippen molar-refractivity contribution in [1.29, 1.82) is 0 Å². The number of amides is 3. The van der Waals surface area contributed by atoms with Gasteiger partial charge in [0.25, 0.3) is 11.1 Å². The number of furan rings is 1. The Morgan fingerprint density at radius 3 is 2.66 bits per heavy atom. The molecule has 0 radical (unpaired) electrons. The highest BCUT2D eigenvalue weighted by Gasteiger charge is 2.36. The van der Waals surface area contributed by atoms with E-state index in [0.717, 1.165) is 11.0 Å². The minimum Gasteiger partial charge on any atom is -0.465 e. The number of halogens is 1. The van der Waals surface area contributed by atoms with Gasteiger partial charge in [-0.25, -0.2) is 9.18 Å². The maximum absolute atomic E-state index is 13.3. The molecule has 1 saturated heterocycles. The summed E-state index contributed by atoms with van der Waals surface area (Å²) in [6.07, 6.45) is 1.42. The maximum Gasteiger partial charge on any atom is 0.338 e. The Bertz CT molecular complexity index is 1380.